The number of ether oxygens (including phenoxy) is 2. The smallest absolute Gasteiger partial charge is 0.200 e. The molecular weight excluding hydrogens is 216 g/mol. The maximum Gasteiger partial charge on any atom is 0.200 e. The van der Waals surface area contributed by atoms with Crippen LogP contribution in [0.2, 0.25) is 0 Å². The number of carbonyl (C=O) groups is 1. The SMILES string of the molecule is CCCCCC1OCc2cc(C=O)ccc2O1. The van der Waals surface area contributed by atoms with Crippen LogP contribution in [-0.2, 0) is 11.3 Å². The summed E-state index contributed by atoms with van der Waals surface area (Å²) in [7, 11) is 0. The van der Waals surface area contributed by atoms with E-state index in [0.29, 0.717) is 12.2 Å². The van der Waals surface area contributed by atoms with Crippen molar-refractivity contribution in [1.82, 2.24) is 0 Å². The molecule has 0 N–H and O–H groups in total. The van der Waals surface area contributed by atoms with Gasteiger partial charge in [0, 0.05) is 17.5 Å². The van der Waals surface area contributed by atoms with Gasteiger partial charge in [-0.05, 0) is 24.6 Å². The van der Waals surface area contributed by atoms with Gasteiger partial charge in [-0.15, -0.1) is 0 Å². The maximum atomic E-state index is 10.6. The van der Waals surface area contributed by atoms with E-state index in [1.165, 1.54) is 12.8 Å². The molecular formula is C14H18O3. The lowest BCUT2D eigenvalue weighted by Gasteiger charge is -2.26. The van der Waals surface area contributed by atoms with E-state index in [9.17, 15) is 4.79 Å². The van der Waals surface area contributed by atoms with Crippen LogP contribution >= 0.6 is 0 Å². The molecule has 0 saturated carbocycles. The van der Waals surface area contributed by atoms with Gasteiger partial charge in [-0.2, -0.15) is 0 Å². The summed E-state index contributed by atoms with van der Waals surface area (Å²) in [5, 5.41) is 0. The summed E-state index contributed by atoms with van der Waals surface area (Å²) >= 11 is 0. The number of aldehydes is 1. The molecule has 3 heteroatoms. The van der Waals surface area contributed by atoms with Crippen molar-refractivity contribution in [2.45, 2.75) is 45.5 Å². The molecule has 3 nitrogen and oxygen atoms in total. The van der Waals surface area contributed by atoms with Crippen LogP contribution in [0.5, 0.6) is 5.75 Å². The van der Waals surface area contributed by atoms with E-state index in [0.717, 1.165) is 30.4 Å². The summed E-state index contributed by atoms with van der Waals surface area (Å²) in [6.07, 6.45) is 5.18. The van der Waals surface area contributed by atoms with E-state index in [1.54, 1.807) is 6.07 Å². The highest BCUT2D eigenvalue weighted by atomic mass is 16.7. The fourth-order valence-electron chi connectivity index (χ4n) is 1.96. The summed E-state index contributed by atoms with van der Waals surface area (Å²) in [4.78, 5) is 10.6. The van der Waals surface area contributed by atoms with Crippen molar-refractivity contribution in [2.75, 3.05) is 0 Å². The highest BCUT2D eigenvalue weighted by Gasteiger charge is 2.19. The number of benzene rings is 1. The molecule has 1 atom stereocenters. The van der Waals surface area contributed by atoms with Crippen LogP contribution in [0.3, 0.4) is 0 Å². The van der Waals surface area contributed by atoms with Crippen molar-refractivity contribution in [3.05, 3.63) is 29.3 Å². The second-order valence-electron chi connectivity index (χ2n) is 4.34. The third-order valence-corrected chi connectivity index (χ3v) is 2.95. The molecule has 0 saturated heterocycles. The number of hydrogen-bond donors (Lipinski definition) is 0. The lowest BCUT2D eigenvalue weighted by molar-refractivity contribution is -0.112. The van der Waals surface area contributed by atoms with Crippen LogP contribution in [0.4, 0.5) is 0 Å². The zero-order valence-electron chi connectivity index (χ0n) is 10.1. The van der Waals surface area contributed by atoms with E-state index in [2.05, 4.69) is 6.92 Å². The first kappa shape index (κ1) is 12.1. The molecule has 1 unspecified atom stereocenters. The van der Waals surface area contributed by atoms with Gasteiger partial charge in [0.2, 0.25) is 0 Å². The molecule has 0 bridgehead atoms. The molecule has 0 radical (unpaired) electrons. The van der Waals surface area contributed by atoms with Crippen LogP contribution in [0.1, 0.15) is 48.5 Å². The highest BCUT2D eigenvalue weighted by molar-refractivity contribution is 5.75. The van der Waals surface area contributed by atoms with Crippen LogP contribution in [0.15, 0.2) is 18.2 Å². The standard InChI is InChI=1S/C14H18O3/c1-2-3-4-5-14-16-10-12-8-11(9-15)6-7-13(12)17-14/h6-9,14H,2-5,10H2,1H3. The molecule has 1 aliphatic heterocycles. The molecule has 0 spiro atoms. The number of carbonyl (C=O) groups excluding carboxylic acids is 1. The molecule has 0 aliphatic carbocycles. The number of rotatable bonds is 5. The van der Waals surface area contributed by atoms with Gasteiger partial charge in [0.25, 0.3) is 0 Å². The number of fused-ring (bicyclic) bond motifs is 1. The lowest BCUT2D eigenvalue weighted by Crippen LogP contribution is -2.25. The zero-order valence-corrected chi connectivity index (χ0v) is 10.1. The van der Waals surface area contributed by atoms with E-state index >= 15 is 0 Å². The molecule has 1 aliphatic rings. The normalized spacial score (nSPS) is 18.3. The Morgan fingerprint density at radius 1 is 1.41 bits per heavy atom. The number of unbranched alkanes of at least 4 members (excludes halogenated alkanes) is 2. The van der Waals surface area contributed by atoms with Gasteiger partial charge in [0.15, 0.2) is 6.29 Å². The molecule has 2 rings (SSSR count). The monoisotopic (exact) mass is 234 g/mol. The molecule has 1 heterocycles. The predicted octanol–water partition coefficient (Wildman–Crippen LogP) is 3.31. The minimum atomic E-state index is -0.129. The molecule has 1 aromatic rings. The van der Waals surface area contributed by atoms with Gasteiger partial charge < -0.3 is 9.47 Å². The molecule has 92 valence electrons. The second-order valence-corrected chi connectivity index (χ2v) is 4.34. The molecule has 17 heavy (non-hydrogen) atoms. The first-order valence-electron chi connectivity index (χ1n) is 6.20. The zero-order chi connectivity index (χ0) is 12.1. The summed E-state index contributed by atoms with van der Waals surface area (Å²) in [6.45, 7) is 2.71. The van der Waals surface area contributed by atoms with E-state index < -0.39 is 0 Å². The Bertz CT molecular complexity index is 387. The lowest BCUT2D eigenvalue weighted by atomic mass is 10.1. The molecule has 0 aromatic heterocycles. The average molecular weight is 234 g/mol. The predicted molar refractivity (Wildman–Crippen MR) is 65.2 cm³/mol. The van der Waals surface area contributed by atoms with E-state index in [1.807, 2.05) is 12.1 Å². The van der Waals surface area contributed by atoms with Crippen LogP contribution in [0.25, 0.3) is 0 Å². The van der Waals surface area contributed by atoms with Gasteiger partial charge in [0.05, 0.1) is 6.61 Å². The second kappa shape index (κ2) is 5.82. The third-order valence-electron chi connectivity index (χ3n) is 2.95. The maximum absolute atomic E-state index is 10.6. The first-order chi connectivity index (χ1) is 8.33. The Labute approximate surface area is 102 Å². The Kier molecular flexibility index (Phi) is 4.15. The van der Waals surface area contributed by atoms with Crippen molar-refractivity contribution >= 4 is 6.29 Å². The summed E-state index contributed by atoms with van der Waals surface area (Å²) < 4.78 is 11.4. The first-order valence-corrected chi connectivity index (χ1v) is 6.20. The van der Waals surface area contributed by atoms with Crippen LogP contribution < -0.4 is 4.74 Å². The molecule has 0 fully saturated rings. The van der Waals surface area contributed by atoms with Gasteiger partial charge in [-0.3, -0.25) is 4.79 Å². The van der Waals surface area contributed by atoms with Crippen molar-refractivity contribution < 1.29 is 14.3 Å². The van der Waals surface area contributed by atoms with Crippen molar-refractivity contribution in [2.24, 2.45) is 0 Å². The molecule has 1 aromatic carbocycles. The largest absolute Gasteiger partial charge is 0.465 e. The Balaban J connectivity index is 1.96. The minimum Gasteiger partial charge on any atom is -0.465 e. The van der Waals surface area contributed by atoms with E-state index in [4.69, 9.17) is 9.47 Å². The Morgan fingerprint density at radius 3 is 3.06 bits per heavy atom. The third kappa shape index (κ3) is 3.07. The summed E-state index contributed by atoms with van der Waals surface area (Å²) in [5.74, 6) is 0.850. The fourth-order valence-corrected chi connectivity index (χ4v) is 1.96. The Morgan fingerprint density at radius 2 is 2.29 bits per heavy atom. The summed E-state index contributed by atoms with van der Waals surface area (Å²) in [5.41, 5.74) is 1.63. The Hall–Kier alpha value is -1.35. The fraction of sp³-hybridized carbons (Fsp3) is 0.500. The van der Waals surface area contributed by atoms with Crippen molar-refractivity contribution in [3.8, 4) is 5.75 Å². The van der Waals surface area contributed by atoms with Gasteiger partial charge in [0.1, 0.15) is 12.0 Å². The van der Waals surface area contributed by atoms with Gasteiger partial charge >= 0.3 is 0 Å². The molecule has 0 amide bonds. The van der Waals surface area contributed by atoms with Crippen LogP contribution in [-0.4, -0.2) is 12.6 Å². The average Bonchev–Trinajstić information content (AvgIpc) is 2.38. The summed E-state index contributed by atoms with van der Waals surface area (Å²) in [6, 6.07) is 5.46. The van der Waals surface area contributed by atoms with Crippen molar-refractivity contribution in [3.63, 3.8) is 0 Å². The highest BCUT2D eigenvalue weighted by Crippen LogP contribution is 2.28. The van der Waals surface area contributed by atoms with E-state index in [-0.39, 0.29) is 6.29 Å². The van der Waals surface area contributed by atoms with Gasteiger partial charge in [-0.1, -0.05) is 19.8 Å². The number of hydrogen-bond acceptors (Lipinski definition) is 3. The topological polar surface area (TPSA) is 35.5 Å². The van der Waals surface area contributed by atoms with Crippen molar-refractivity contribution in [1.29, 1.82) is 0 Å². The quantitative estimate of drug-likeness (QED) is 0.579. The van der Waals surface area contributed by atoms with Gasteiger partial charge in [-0.25, -0.2) is 0 Å². The minimum absolute atomic E-state index is 0.129. The van der Waals surface area contributed by atoms with Crippen LogP contribution in [0, 0.1) is 0 Å².